The highest BCUT2D eigenvalue weighted by atomic mass is 79.9. The predicted octanol–water partition coefficient (Wildman–Crippen LogP) is 5.67. The molecule has 0 bridgehead atoms. The molecule has 0 amide bonds. The molecule has 0 aliphatic rings. The Morgan fingerprint density at radius 1 is 1.10 bits per heavy atom. The summed E-state index contributed by atoms with van der Waals surface area (Å²) in [6.45, 7) is 4.55. The van der Waals surface area contributed by atoms with E-state index in [1.807, 2.05) is 18.6 Å². The highest BCUT2D eigenvalue weighted by Crippen LogP contribution is 2.31. The van der Waals surface area contributed by atoms with E-state index in [1.54, 1.807) is 0 Å². The molecule has 0 fully saturated rings. The fourth-order valence-electron chi connectivity index (χ4n) is 2.69. The van der Waals surface area contributed by atoms with Gasteiger partial charge in [-0.25, -0.2) is 4.98 Å². The maximum Gasteiger partial charge on any atom is 0.109 e. The summed E-state index contributed by atoms with van der Waals surface area (Å²) in [6.07, 6.45) is 11.7. The van der Waals surface area contributed by atoms with Gasteiger partial charge in [-0.3, -0.25) is 4.98 Å². The number of pyridine rings is 2. The Hall–Kier alpha value is -1.22. The molecule has 2 rings (SSSR count). The van der Waals surface area contributed by atoms with E-state index in [0.717, 1.165) is 16.9 Å². The number of halogens is 1. The number of aromatic nitrogens is 2. The standard InChI is InChI=1S/C18H23BrN2/c1-3-5-6-14(4-2)13-17-16(9-12-21-18(17)19)15-7-10-20-11-8-15/h7-12,14H,3-6,13H2,1-2H3. The van der Waals surface area contributed by atoms with E-state index in [-0.39, 0.29) is 0 Å². The Bertz CT molecular complexity index is 554. The number of hydrogen-bond donors (Lipinski definition) is 0. The molecule has 0 aliphatic carbocycles. The highest BCUT2D eigenvalue weighted by molar-refractivity contribution is 9.10. The van der Waals surface area contributed by atoms with Crippen LogP contribution >= 0.6 is 15.9 Å². The first-order chi connectivity index (χ1) is 10.3. The molecular formula is C18H23BrN2. The zero-order chi connectivity index (χ0) is 15.1. The van der Waals surface area contributed by atoms with E-state index >= 15 is 0 Å². The molecule has 0 aliphatic heterocycles. The van der Waals surface area contributed by atoms with Crippen molar-refractivity contribution in [3.05, 3.63) is 47.0 Å². The van der Waals surface area contributed by atoms with Crippen LogP contribution in [0.2, 0.25) is 0 Å². The number of unbranched alkanes of at least 4 members (excludes halogenated alkanes) is 1. The monoisotopic (exact) mass is 346 g/mol. The van der Waals surface area contributed by atoms with Gasteiger partial charge in [-0.15, -0.1) is 0 Å². The van der Waals surface area contributed by atoms with Gasteiger partial charge in [-0.05, 0) is 63.2 Å². The van der Waals surface area contributed by atoms with Gasteiger partial charge < -0.3 is 0 Å². The maximum atomic E-state index is 4.43. The fourth-order valence-corrected chi connectivity index (χ4v) is 3.19. The number of nitrogens with zero attached hydrogens (tertiary/aromatic N) is 2. The Labute approximate surface area is 136 Å². The molecule has 112 valence electrons. The van der Waals surface area contributed by atoms with Gasteiger partial charge in [0.1, 0.15) is 4.60 Å². The van der Waals surface area contributed by atoms with Gasteiger partial charge in [-0.1, -0.05) is 39.5 Å². The maximum absolute atomic E-state index is 4.43. The first-order valence-corrected chi connectivity index (χ1v) is 8.59. The lowest BCUT2D eigenvalue weighted by molar-refractivity contribution is 0.448. The van der Waals surface area contributed by atoms with Crippen LogP contribution in [0.15, 0.2) is 41.4 Å². The predicted molar refractivity (Wildman–Crippen MR) is 92.2 cm³/mol. The second-order valence-corrected chi connectivity index (χ2v) is 6.24. The van der Waals surface area contributed by atoms with Crippen LogP contribution in [-0.4, -0.2) is 9.97 Å². The Morgan fingerprint density at radius 3 is 2.52 bits per heavy atom. The molecule has 21 heavy (non-hydrogen) atoms. The van der Waals surface area contributed by atoms with Crippen LogP contribution in [0.5, 0.6) is 0 Å². The van der Waals surface area contributed by atoms with Crippen LogP contribution in [0.25, 0.3) is 11.1 Å². The Morgan fingerprint density at radius 2 is 1.86 bits per heavy atom. The SMILES string of the molecule is CCCCC(CC)Cc1c(-c2ccncc2)ccnc1Br. The van der Waals surface area contributed by atoms with Gasteiger partial charge in [0.05, 0.1) is 0 Å². The van der Waals surface area contributed by atoms with Crippen LogP contribution in [-0.2, 0) is 6.42 Å². The van der Waals surface area contributed by atoms with Crippen LogP contribution in [0, 0.1) is 5.92 Å². The molecule has 2 aromatic rings. The molecule has 0 radical (unpaired) electrons. The second-order valence-electron chi connectivity index (χ2n) is 5.48. The molecule has 0 saturated heterocycles. The van der Waals surface area contributed by atoms with Gasteiger partial charge in [0.15, 0.2) is 0 Å². The van der Waals surface area contributed by atoms with Gasteiger partial charge in [0.2, 0.25) is 0 Å². The third kappa shape index (κ3) is 4.37. The molecule has 0 spiro atoms. The van der Waals surface area contributed by atoms with Gasteiger partial charge >= 0.3 is 0 Å². The van der Waals surface area contributed by atoms with Crippen molar-refractivity contribution >= 4 is 15.9 Å². The third-order valence-corrected chi connectivity index (χ3v) is 4.71. The average molecular weight is 347 g/mol. The summed E-state index contributed by atoms with van der Waals surface area (Å²) < 4.78 is 0.978. The Kier molecular flexibility index (Phi) is 6.37. The average Bonchev–Trinajstić information content (AvgIpc) is 2.53. The summed E-state index contributed by atoms with van der Waals surface area (Å²) >= 11 is 3.64. The zero-order valence-electron chi connectivity index (χ0n) is 12.8. The topological polar surface area (TPSA) is 25.8 Å². The van der Waals surface area contributed by atoms with E-state index in [2.05, 4.69) is 57.9 Å². The molecule has 1 unspecified atom stereocenters. The fraction of sp³-hybridized carbons (Fsp3) is 0.444. The molecule has 2 aromatic heterocycles. The van der Waals surface area contributed by atoms with Gasteiger partial charge in [-0.2, -0.15) is 0 Å². The van der Waals surface area contributed by atoms with Crippen molar-refractivity contribution < 1.29 is 0 Å². The van der Waals surface area contributed by atoms with E-state index < -0.39 is 0 Å². The van der Waals surface area contributed by atoms with Gasteiger partial charge in [0.25, 0.3) is 0 Å². The van der Waals surface area contributed by atoms with Crippen molar-refractivity contribution in [2.24, 2.45) is 5.92 Å². The van der Waals surface area contributed by atoms with Gasteiger partial charge in [0, 0.05) is 18.6 Å². The minimum absolute atomic E-state index is 0.728. The quantitative estimate of drug-likeness (QED) is 0.604. The summed E-state index contributed by atoms with van der Waals surface area (Å²) in [5, 5.41) is 0. The van der Waals surface area contributed by atoms with Crippen molar-refractivity contribution in [1.29, 1.82) is 0 Å². The van der Waals surface area contributed by atoms with Crippen LogP contribution in [0.4, 0.5) is 0 Å². The molecule has 2 heterocycles. The van der Waals surface area contributed by atoms with Crippen molar-refractivity contribution in [2.45, 2.75) is 46.0 Å². The van der Waals surface area contributed by atoms with Crippen LogP contribution in [0.3, 0.4) is 0 Å². The third-order valence-electron chi connectivity index (χ3n) is 4.03. The van der Waals surface area contributed by atoms with Crippen molar-refractivity contribution in [3.8, 4) is 11.1 Å². The zero-order valence-corrected chi connectivity index (χ0v) is 14.4. The molecule has 0 saturated carbocycles. The smallest absolute Gasteiger partial charge is 0.109 e. The summed E-state index contributed by atoms with van der Waals surface area (Å²) in [4.78, 5) is 8.55. The largest absolute Gasteiger partial charge is 0.265 e. The summed E-state index contributed by atoms with van der Waals surface area (Å²) in [5.41, 5.74) is 3.81. The first-order valence-electron chi connectivity index (χ1n) is 7.80. The summed E-state index contributed by atoms with van der Waals surface area (Å²) in [5.74, 6) is 0.728. The molecule has 0 N–H and O–H groups in total. The van der Waals surface area contributed by atoms with E-state index in [9.17, 15) is 0 Å². The van der Waals surface area contributed by atoms with E-state index in [0.29, 0.717) is 0 Å². The normalized spacial score (nSPS) is 12.3. The molecular weight excluding hydrogens is 324 g/mol. The number of rotatable bonds is 7. The minimum atomic E-state index is 0.728. The first kappa shape index (κ1) is 16.2. The second kappa shape index (κ2) is 8.28. The molecule has 0 aromatic carbocycles. The van der Waals surface area contributed by atoms with E-state index in [1.165, 1.54) is 42.4 Å². The summed E-state index contributed by atoms with van der Waals surface area (Å²) in [6, 6.07) is 6.25. The number of hydrogen-bond acceptors (Lipinski definition) is 2. The van der Waals surface area contributed by atoms with Crippen molar-refractivity contribution in [1.82, 2.24) is 9.97 Å². The van der Waals surface area contributed by atoms with Crippen molar-refractivity contribution in [2.75, 3.05) is 0 Å². The highest BCUT2D eigenvalue weighted by Gasteiger charge is 2.15. The van der Waals surface area contributed by atoms with Crippen molar-refractivity contribution in [3.63, 3.8) is 0 Å². The lowest BCUT2D eigenvalue weighted by atomic mass is 9.89. The molecule has 1 atom stereocenters. The van der Waals surface area contributed by atoms with Crippen LogP contribution in [0.1, 0.15) is 45.1 Å². The van der Waals surface area contributed by atoms with E-state index in [4.69, 9.17) is 0 Å². The lowest BCUT2D eigenvalue weighted by Crippen LogP contribution is -2.06. The summed E-state index contributed by atoms with van der Waals surface area (Å²) in [7, 11) is 0. The lowest BCUT2D eigenvalue weighted by Gasteiger charge is -2.18. The molecule has 2 nitrogen and oxygen atoms in total. The minimum Gasteiger partial charge on any atom is -0.265 e. The van der Waals surface area contributed by atoms with Crippen LogP contribution < -0.4 is 0 Å². The molecule has 3 heteroatoms. The Balaban J connectivity index is 2.30.